The number of carbonyl (C=O) groups excluding carboxylic acids is 2. The maximum Gasteiger partial charge on any atom is 0.326 e. The van der Waals surface area contributed by atoms with Crippen LogP contribution in [0.2, 0.25) is 0 Å². The SMILES string of the molecule is CC(C)(C)OC[C@H](NS(=O)(=O)c1cccc(/C=C/C(=O)NO)c1)C(=O)OC1CCCC1. The summed E-state index contributed by atoms with van der Waals surface area (Å²) in [5.74, 6) is -1.42. The van der Waals surface area contributed by atoms with Crippen molar-refractivity contribution >= 4 is 28.0 Å². The van der Waals surface area contributed by atoms with Crippen LogP contribution in [0.1, 0.15) is 52.0 Å². The predicted octanol–water partition coefficient (Wildman–Crippen LogP) is 2.15. The summed E-state index contributed by atoms with van der Waals surface area (Å²) < 4.78 is 39.4. The van der Waals surface area contributed by atoms with E-state index in [2.05, 4.69) is 4.72 Å². The van der Waals surface area contributed by atoms with Gasteiger partial charge in [-0.2, -0.15) is 4.72 Å². The molecular formula is C21H30N2O7S. The van der Waals surface area contributed by atoms with Crippen LogP contribution in [0.15, 0.2) is 35.2 Å². The Labute approximate surface area is 182 Å². The van der Waals surface area contributed by atoms with Gasteiger partial charge in [0.25, 0.3) is 5.91 Å². The molecule has 0 aromatic heterocycles. The lowest BCUT2D eigenvalue weighted by atomic mass is 10.2. The van der Waals surface area contributed by atoms with Gasteiger partial charge in [-0.15, -0.1) is 0 Å². The molecule has 1 amide bonds. The summed E-state index contributed by atoms with van der Waals surface area (Å²) in [6.45, 7) is 5.24. The van der Waals surface area contributed by atoms with E-state index in [0.717, 1.165) is 31.8 Å². The van der Waals surface area contributed by atoms with Crippen molar-refractivity contribution in [1.29, 1.82) is 0 Å². The smallest absolute Gasteiger partial charge is 0.326 e. The van der Waals surface area contributed by atoms with Crippen LogP contribution < -0.4 is 10.2 Å². The summed E-state index contributed by atoms with van der Waals surface area (Å²) in [5.41, 5.74) is 1.30. The van der Waals surface area contributed by atoms with Gasteiger partial charge in [-0.25, -0.2) is 13.9 Å². The van der Waals surface area contributed by atoms with Gasteiger partial charge < -0.3 is 9.47 Å². The minimum absolute atomic E-state index is 0.0894. The van der Waals surface area contributed by atoms with E-state index in [4.69, 9.17) is 14.7 Å². The summed E-state index contributed by atoms with van der Waals surface area (Å²) >= 11 is 0. The molecule has 172 valence electrons. The highest BCUT2D eigenvalue weighted by Gasteiger charge is 2.31. The van der Waals surface area contributed by atoms with Crippen molar-refractivity contribution in [1.82, 2.24) is 10.2 Å². The number of esters is 1. The van der Waals surface area contributed by atoms with Crippen molar-refractivity contribution in [3.8, 4) is 0 Å². The zero-order chi connectivity index (χ0) is 23.1. The van der Waals surface area contributed by atoms with Gasteiger partial charge in [0.1, 0.15) is 12.1 Å². The summed E-state index contributed by atoms with van der Waals surface area (Å²) in [6, 6.07) is 4.60. The number of benzene rings is 1. The van der Waals surface area contributed by atoms with Crippen LogP contribution in [0.4, 0.5) is 0 Å². The molecule has 9 nitrogen and oxygen atoms in total. The monoisotopic (exact) mass is 454 g/mol. The molecule has 0 radical (unpaired) electrons. The molecule has 0 bridgehead atoms. The molecule has 2 rings (SSSR count). The number of carbonyl (C=O) groups is 2. The Hall–Kier alpha value is -2.27. The van der Waals surface area contributed by atoms with Crippen molar-refractivity contribution in [3.05, 3.63) is 35.9 Å². The molecule has 0 spiro atoms. The average Bonchev–Trinajstić information content (AvgIpc) is 3.21. The second-order valence-electron chi connectivity index (χ2n) is 8.32. The molecule has 3 N–H and O–H groups in total. The van der Waals surface area contributed by atoms with Crippen molar-refractivity contribution < 1.29 is 32.7 Å². The first-order valence-corrected chi connectivity index (χ1v) is 11.6. The number of hydroxylamine groups is 1. The van der Waals surface area contributed by atoms with Gasteiger partial charge in [0, 0.05) is 6.08 Å². The molecule has 1 fully saturated rings. The van der Waals surface area contributed by atoms with Gasteiger partial charge in [0.2, 0.25) is 10.0 Å². The van der Waals surface area contributed by atoms with E-state index in [1.54, 1.807) is 26.8 Å². The quantitative estimate of drug-likeness (QED) is 0.225. The van der Waals surface area contributed by atoms with Crippen molar-refractivity contribution in [2.45, 2.75) is 69.1 Å². The maximum atomic E-state index is 12.9. The van der Waals surface area contributed by atoms with E-state index in [1.807, 2.05) is 0 Å². The molecule has 1 saturated carbocycles. The lowest BCUT2D eigenvalue weighted by Crippen LogP contribution is -2.47. The van der Waals surface area contributed by atoms with Gasteiger partial charge in [0.05, 0.1) is 17.1 Å². The highest BCUT2D eigenvalue weighted by molar-refractivity contribution is 7.89. The fourth-order valence-corrected chi connectivity index (χ4v) is 4.21. The van der Waals surface area contributed by atoms with Gasteiger partial charge in [0.15, 0.2) is 0 Å². The van der Waals surface area contributed by atoms with Crippen LogP contribution in [0.5, 0.6) is 0 Å². The Balaban J connectivity index is 2.19. The van der Waals surface area contributed by atoms with Gasteiger partial charge >= 0.3 is 5.97 Å². The summed E-state index contributed by atoms with van der Waals surface area (Å²) in [6.07, 6.45) is 5.67. The normalized spacial score (nSPS) is 16.4. The number of amides is 1. The minimum Gasteiger partial charge on any atom is -0.461 e. The molecule has 1 aliphatic rings. The van der Waals surface area contributed by atoms with E-state index >= 15 is 0 Å². The third-order valence-electron chi connectivity index (χ3n) is 4.56. The summed E-state index contributed by atoms with van der Waals surface area (Å²) in [5, 5.41) is 8.55. The van der Waals surface area contributed by atoms with E-state index in [-0.39, 0.29) is 17.6 Å². The number of ether oxygens (including phenoxy) is 2. The number of sulfonamides is 1. The fraction of sp³-hybridized carbons (Fsp3) is 0.524. The third kappa shape index (κ3) is 8.41. The number of nitrogens with one attached hydrogen (secondary N) is 2. The molecule has 1 atom stereocenters. The first kappa shape index (κ1) is 25.0. The zero-order valence-corrected chi connectivity index (χ0v) is 18.8. The van der Waals surface area contributed by atoms with Crippen molar-refractivity contribution in [2.75, 3.05) is 6.61 Å². The standard InChI is InChI=1S/C21H30N2O7S/c1-21(2,3)29-14-18(20(25)30-16-8-4-5-9-16)23-31(27,28)17-10-6-7-15(13-17)11-12-19(24)22-26/h6-7,10-13,16,18,23,26H,4-5,8-9,14H2,1-3H3,(H,22,24)/b12-11+/t18-/m0/s1. The Bertz CT molecular complexity index is 901. The molecule has 31 heavy (non-hydrogen) atoms. The van der Waals surface area contributed by atoms with E-state index in [1.165, 1.54) is 29.8 Å². The number of rotatable bonds is 9. The molecule has 0 aliphatic heterocycles. The van der Waals surface area contributed by atoms with Crippen molar-refractivity contribution in [2.24, 2.45) is 0 Å². The highest BCUT2D eigenvalue weighted by Crippen LogP contribution is 2.22. The summed E-state index contributed by atoms with van der Waals surface area (Å²) in [4.78, 5) is 23.7. The second-order valence-corrected chi connectivity index (χ2v) is 10.0. The van der Waals surface area contributed by atoms with Crippen LogP contribution >= 0.6 is 0 Å². The van der Waals surface area contributed by atoms with E-state index < -0.39 is 33.5 Å². The number of hydrogen-bond acceptors (Lipinski definition) is 7. The Kier molecular flexibility index (Phi) is 8.75. The second kappa shape index (κ2) is 10.9. The predicted molar refractivity (Wildman–Crippen MR) is 114 cm³/mol. The largest absolute Gasteiger partial charge is 0.461 e. The Morgan fingerprint density at radius 3 is 2.55 bits per heavy atom. The van der Waals surface area contributed by atoms with E-state index in [0.29, 0.717) is 5.56 Å². The highest BCUT2D eigenvalue weighted by atomic mass is 32.2. The molecule has 1 aromatic carbocycles. The Morgan fingerprint density at radius 1 is 1.26 bits per heavy atom. The van der Waals surface area contributed by atoms with Crippen molar-refractivity contribution in [3.63, 3.8) is 0 Å². The van der Waals surface area contributed by atoms with Crippen LogP contribution in [0.3, 0.4) is 0 Å². The van der Waals surface area contributed by atoms with E-state index in [9.17, 15) is 18.0 Å². The molecule has 10 heteroatoms. The van der Waals surface area contributed by atoms with Gasteiger partial charge in [-0.1, -0.05) is 12.1 Å². The minimum atomic E-state index is -4.09. The summed E-state index contributed by atoms with van der Waals surface area (Å²) in [7, 11) is -4.09. The molecule has 0 unspecified atom stereocenters. The lowest BCUT2D eigenvalue weighted by Gasteiger charge is -2.25. The third-order valence-corrected chi connectivity index (χ3v) is 6.03. The average molecular weight is 455 g/mol. The Morgan fingerprint density at radius 2 is 1.94 bits per heavy atom. The first-order chi connectivity index (χ1) is 14.5. The van der Waals surface area contributed by atoms with Crippen LogP contribution in [0, 0.1) is 0 Å². The lowest BCUT2D eigenvalue weighted by molar-refractivity contribution is -0.153. The first-order valence-electron chi connectivity index (χ1n) is 10.1. The van der Waals surface area contributed by atoms with Gasteiger partial charge in [-0.3, -0.25) is 14.8 Å². The molecule has 1 aliphatic carbocycles. The zero-order valence-electron chi connectivity index (χ0n) is 18.0. The van der Waals surface area contributed by atoms with Crippen LogP contribution in [0.25, 0.3) is 6.08 Å². The van der Waals surface area contributed by atoms with Gasteiger partial charge in [-0.05, 0) is 70.2 Å². The molecule has 0 heterocycles. The molecule has 0 saturated heterocycles. The maximum absolute atomic E-state index is 12.9. The molecular weight excluding hydrogens is 424 g/mol. The number of hydrogen-bond donors (Lipinski definition) is 3. The fourth-order valence-electron chi connectivity index (χ4n) is 2.99. The molecule has 1 aromatic rings. The topological polar surface area (TPSA) is 131 Å². The van der Waals surface area contributed by atoms with Crippen LogP contribution in [-0.4, -0.2) is 49.9 Å². The van der Waals surface area contributed by atoms with Crippen LogP contribution in [-0.2, 0) is 29.1 Å².